The number of anilines is 2. The van der Waals surface area contributed by atoms with Crippen LogP contribution in [0.5, 0.6) is 0 Å². The fraction of sp³-hybridized carbons (Fsp3) is 0.353. The summed E-state index contributed by atoms with van der Waals surface area (Å²) < 4.78 is 34.5. The highest BCUT2D eigenvalue weighted by molar-refractivity contribution is 7.89. The summed E-state index contributed by atoms with van der Waals surface area (Å²) in [6.07, 6.45) is 2.52. The van der Waals surface area contributed by atoms with Gasteiger partial charge in [0.25, 0.3) is 10.0 Å². The summed E-state index contributed by atoms with van der Waals surface area (Å²) in [6.45, 7) is 2.69. The maximum atomic E-state index is 12.8. The molecule has 4 heterocycles. The summed E-state index contributed by atoms with van der Waals surface area (Å²) in [6, 6.07) is 5.53. The van der Waals surface area contributed by atoms with Gasteiger partial charge in [-0.3, -0.25) is 0 Å². The quantitative estimate of drug-likeness (QED) is 0.674. The van der Waals surface area contributed by atoms with Crippen LogP contribution in [0.2, 0.25) is 0 Å². The summed E-state index contributed by atoms with van der Waals surface area (Å²) in [7, 11) is -1.93. The number of pyridine rings is 1. The molecule has 1 atom stereocenters. The predicted octanol–water partition coefficient (Wildman–Crippen LogP) is 2.09. The van der Waals surface area contributed by atoms with Crippen LogP contribution in [0.15, 0.2) is 41.1 Å². The average molecular weight is 421 g/mol. The summed E-state index contributed by atoms with van der Waals surface area (Å²) in [5, 5.41) is 5.92. The van der Waals surface area contributed by atoms with E-state index in [1.807, 2.05) is 30.5 Å². The Bertz CT molecular complexity index is 1080. The fourth-order valence-electron chi connectivity index (χ4n) is 2.90. The molecule has 1 unspecified atom stereocenters. The highest BCUT2D eigenvalue weighted by Gasteiger charge is 2.33. The van der Waals surface area contributed by atoms with Crippen molar-refractivity contribution >= 4 is 32.3 Å². The van der Waals surface area contributed by atoms with Crippen LogP contribution in [-0.2, 0) is 21.8 Å². The van der Waals surface area contributed by atoms with Gasteiger partial charge in [0.05, 0.1) is 24.3 Å². The highest BCUT2D eigenvalue weighted by Crippen LogP contribution is 2.26. The van der Waals surface area contributed by atoms with Crippen molar-refractivity contribution in [3.63, 3.8) is 0 Å². The molecule has 0 aliphatic carbocycles. The topological polar surface area (TPSA) is 102 Å². The Labute approximate surface area is 167 Å². The minimum Gasteiger partial charge on any atom is -0.369 e. The molecule has 148 valence electrons. The molecular formula is C17H20N6O3S2. The third-order valence-corrected chi connectivity index (χ3v) is 6.90. The normalized spacial score (nSPS) is 18.3. The Morgan fingerprint density at radius 1 is 1.32 bits per heavy atom. The lowest BCUT2D eigenvalue weighted by Crippen LogP contribution is -2.42. The highest BCUT2D eigenvalue weighted by atomic mass is 32.2. The molecule has 9 nitrogen and oxygen atoms in total. The first-order chi connectivity index (χ1) is 13.4. The Morgan fingerprint density at radius 2 is 2.18 bits per heavy atom. The molecule has 1 fully saturated rings. The zero-order chi connectivity index (χ0) is 19.7. The van der Waals surface area contributed by atoms with Crippen LogP contribution in [0.25, 0.3) is 0 Å². The number of rotatable bonds is 5. The first kappa shape index (κ1) is 19.0. The Morgan fingerprint density at radius 3 is 2.89 bits per heavy atom. The van der Waals surface area contributed by atoms with Crippen molar-refractivity contribution in [3.8, 4) is 0 Å². The SMILES string of the molecule is Cc1csc(Nc2cccc(C3CN(S(=O)(=O)c4cn(C)cn4)CCO3)n2)n1. The van der Waals surface area contributed by atoms with Crippen LogP contribution in [0.4, 0.5) is 10.9 Å². The first-order valence-electron chi connectivity index (χ1n) is 8.67. The van der Waals surface area contributed by atoms with E-state index >= 15 is 0 Å². The summed E-state index contributed by atoms with van der Waals surface area (Å²) in [5.41, 5.74) is 1.61. The van der Waals surface area contributed by atoms with Crippen LogP contribution in [0.1, 0.15) is 17.5 Å². The zero-order valence-electron chi connectivity index (χ0n) is 15.4. The molecule has 1 N–H and O–H groups in total. The molecule has 4 rings (SSSR count). The van der Waals surface area contributed by atoms with Crippen LogP contribution >= 0.6 is 11.3 Å². The van der Waals surface area contributed by atoms with Crippen molar-refractivity contribution in [3.05, 3.63) is 47.5 Å². The second kappa shape index (κ2) is 7.59. The van der Waals surface area contributed by atoms with Gasteiger partial charge in [-0.2, -0.15) is 4.31 Å². The smallest absolute Gasteiger partial charge is 0.262 e. The number of ether oxygens (including phenoxy) is 1. The molecule has 1 saturated heterocycles. The number of nitrogens with one attached hydrogen (secondary N) is 1. The minimum absolute atomic E-state index is 0.0400. The van der Waals surface area contributed by atoms with E-state index in [1.54, 1.807) is 11.6 Å². The summed E-state index contributed by atoms with van der Waals surface area (Å²) in [4.78, 5) is 12.9. The first-order valence-corrected chi connectivity index (χ1v) is 11.0. The maximum absolute atomic E-state index is 12.8. The zero-order valence-corrected chi connectivity index (χ0v) is 17.1. The van der Waals surface area contributed by atoms with E-state index in [0.717, 1.165) is 10.8 Å². The molecule has 0 radical (unpaired) electrons. The molecule has 0 aromatic carbocycles. The van der Waals surface area contributed by atoms with E-state index < -0.39 is 16.1 Å². The van der Waals surface area contributed by atoms with Gasteiger partial charge >= 0.3 is 0 Å². The van der Waals surface area contributed by atoms with Gasteiger partial charge < -0.3 is 14.6 Å². The molecule has 0 saturated carbocycles. The van der Waals surface area contributed by atoms with Crippen molar-refractivity contribution < 1.29 is 13.2 Å². The van der Waals surface area contributed by atoms with Gasteiger partial charge in [-0.05, 0) is 19.1 Å². The lowest BCUT2D eigenvalue weighted by Gasteiger charge is -2.31. The molecule has 3 aromatic rings. The largest absolute Gasteiger partial charge is 0.369 e. The number of aromatic nitrogens is 4. The van der Waals surface area contributed by atoms with E-state index in [1.165, 1.54) is 28.2 Å². The third kappa shape index (κ3) is 3.92. The second-order valence-corrected chi connectivity index (χ2v) is 9.21. The van der Waals surface area contributed by atoms with E-state index in [2.05, 4.69) is 20.3 Å². The number of sulfonamides is 1. The summed E-state index contributed by atoms with van der Waals surface area (Å²) in [5.74, 6) is 0.639. The Hall–Kier alpha value is -2.34. The lowest BCUT2D eigenvalue weighted by atomic mass is 10.2. The minimum atomic E-state index is -3.67. The molecule has 1 aliphatic rings. The van der Waals surface area contributed by atoms with Crippen molar-refractivity contribution in [1.82, 2.24) is 23.8 Å². The van der Waals surface area contributed by atoms with Crippen molar-refractivity contribution in [2.45, 2.75) is 18.1 Å². The molecular weight excluding hydrogens is 400 g/mol. The fourth-order valence-corrected chi connectivity index (χ4v) is 4.98. The number of imidazole rings is 1. The molecule has 28 heavy (non-hydrogen) atoms. The number of aryl methyl sites for hydroxylation is 2. The van der Waals surface area contributed by atoms with E-state index in [9.17, 15) is 8.42 Å². The standard InChI is InChI=1S/C17H20N6O3S2/c1-12-10-27-17(19-12)21-15-5-3-4-13(20-15)14-8-23(6-7-26-14)28(24,25)16-9-22(2)11-18-16/h3-5,9-11,14H,6-8H2,1-2H3,(H,19,20,21). The van der Waals surface area contributed by atoms with Crippen molar-refractivity contribution in [2.75, 3.05) is 25.0 Å². The number of thiazole rings is 1. The molecule has 0 bridgehead atoms. The molecule has 11 heteroatoms. The van der Waals surface area contributed by atoms with Gasteiger partial charge in [0.15, 0.2) is 10.2 Å². The Balaban J connectivity index is 1.52. The average Bonchev–Trinajstić information content (AvgIpc) is 3.31. The maximum Gasteiger partial charge on any atom is 0.262 e. The number of hydrogen-bond acceptors (Lipinski definition) is 8. The van der Waals surface area contributed by atoms with Gasteiger partial charge in [-0.15, -0.1) is 11.3 Å². The third-order valence-electron chi connectivity index (χ3n) is 4.27. The van der Waals surface area contributed by atoms with E-state index in [-0.39, 0.29) is 18.1 Å². The summed E-state index contributed by atoms with van der Waals surface area (Å²) >= 11 is 1.50. The van der Waals surface area contributed by atoms with Crippen LogP contribution in [0.3, 0.4) is 0 Å². The van der Waals surface area contributed by atoms with Gasteiger partial charge in [0.2, 0.25) is 0 Å². The van der Waals surface area contributed by atoms with Crippen molar-refractivity contribution in [2.24, 2.45) is 7.05 Å². The van der Waals surface area contributed by atoms with Gasteiger partial charge in [0.1, 0.15) is 11.9 Å². The second-order valence-electron chi connectivity index (χ2n) is 6.47. The van der Waals surface area contributed by atoms with Gasteiger partial charge in [-0.1, -0.05) is 6.07 Å². The molecule has 1 aliphatic heterocycles. The van der Waals surface area contributed by atoms with Gasteiger partial charge in [0, 0.05) is 31.7 Å². The monoisotopic (exact) mass is 420 g/mol. The van der Waals surface area contributed by atoms with E-state index in [0.29, 0.717) is 18.1 Å². The molecule has 0 spiro atoms. The number of hydrogen-bond donors (Lipinski definition) is 1. The van der Waals surface area contributed by atoms with Crippen LogP contribution < -0.4 is 5.32 Å². The van der Waals surface area contributed by atoms with Crippen LogP contribution in [0, 0.1) is 6.92 Å². The predicted molar refractivity (Wildman–Crippen MR) is 105 cm³/mol. The lowest BCUT2D eigenvalue weighted by molar-refractivity contribution is -0.00492. The van der Waals surface area contributed by atoms with Crippen LogP contribution in [-0.4, -0.2) is 51.9 Å². The van der Waals surface area contributed by atoms with Crippen molar-refractivity contribution in [1.29, 1.82) is 0 Å². The number of morpholine rings is 1. The number of nitrogens with zero attached hydrogens (tertiary/aromatic N) is 5. The molecule has 3 aromatic heterocycles. The Kier molecular flexibility index (Phi) is 5.15. The molecule has 0 amide bonds. The van der Waals surface area contributed by atoms with E-state index in [4.69, 9.17) is 4.74 Å². The van der Waals surface area contributed by atoms with Gasteiger partial charge in [-0.25, -0.2) is 23.4 Å².